The van der Waals surface area contributed by atoms with Crippen molar-refractivity contribution in [2.45, 2.75) is 26.0 Å². The van der Waals surface area contributed by atoms with E-state index in [1.165, 1.54) is 4.88 Å². The third-order valence-corrected chi connectivity index (χ3v) is 2.62. The van der Waals surface area contributed by atoms with E-state index in [9.17, 15) is 5.11 Å². The molecule has 0 amide bonds. The van der Waals surface area contributed by atoms with Crippen molar-refractivity contribution >= 4 is 11.3 Å². The summed E-state index contributed by atoms with van der Waals surface area (Å²) in [5.74, 6) is 0. The molecule has 2 nitrogen and oxygen atoms in total. The molecule has 62 valence electrons. The summed E-state index contributed by atoms with van der Waals surface area (Å²) in [5, 5.41) is 9.50. The number of hydrogen-bond donors (Lipinski definition) is 2. The number of thiophene rings is 1. The molecule has 1 rings (SSSR count). The zero-order valence-electron chi connectivity index (χ0n) is 6.74. The van der Waals surface area contributed by atoms with E-state index in [1.54, 1.807) is 18.3 Å². The molecule has 0 fully saturated rings. The molecule has 0 bridgehead atoms. The van der Waals surface area contributed by atoms with Gasteiger partial charge < -0.3 is 10.8 Å². The van der Waals surface area contributed by atoms with Gasteiger partial charge >= 0.3 is 0 Å². The highest BCUT2D eigenvalue weighted by Gasteiger charge is 2.13. The normalized spacial score (nSPS) is 16.4. The van der Waals surface area contributed by atoms with Gasteiger partial charge in [-0.3, -0.25) is 0 Å². The van der Waals surface area contributed by atoms with Gasteiger partial charge in [0.25, 0.3) is 0 Å². The Morgan fingerprint density at radius 2 is 2.18 bits per heavy atom. The van der Waals surface area contributed by atoms with Crippen LogP contribution in [0.15, 0.2) is 12.1 Å². The van der Waals surface area contributed by atoms with E-state index >= 15 is 0 Å². The van der Waals surface area contributed by atoms with Crippen molar-refractivity contribution in [3.63, 3.8) is 0 Å². The summed E-state index contributed by atoms with van der Waals surface area (Å²) in [4.78, 5) is 2.16. The topological polar surface area (TPSA) is 46.2 Å². The first-order valence-corrected chi connectivity index (χ1v) is 4.43. The lowest BCUT2D eigenvalue weighted by molar-refractivity contribution is 0.157. The van der Waals surface area contributed by atoms with Crippen molar-refractivity contribution in [2.24, 2.45) is 5.73 Å². The Bertz CT molecular complexity index is 232. The van der Waals surface area contributed by atoms with Crippen LogP contribution in [0.4, 0.5) is 0 Å². The molecule has 0 spiro atoms. The largest absolute Gasteiger partial charge is 0.386 e. The lowest BCUT2D eigenvalue weighted by Crippen LogP contribution is -2.23. The fourth-order valence-corrected chi connectivity index (χ4v) is 1.85. The highest BCUT2D eigenvalue weighted by atomic mass is 32.1. The molecule has 3 N–H and O–H groups in total. The summed E-state index contributed by atoms with van der Waals surface area (Å²) in [6, 6.07) is 3.73. The molecule has 0 aliphatic carbocycles. The third-order valence-electron chi connectivity index (χ3n) is 1.55. The second-order valence-corrected chi connectivity index (χ2v) is 4.07. The Kier molecular flexibility index (Phi) is 2.65. The Labute approximate surface area is 70.7 Å². The Morgan fingerprint density at radius 3 is 2.55 bits per heavy atom. The summed E-state index contributed by atoms with van der Waals surface area (Å²) in [5.41, 5.74) is 5.53. The molecule has 0 saturated carbocycles. The van der Waals surface area contributed by atoms with Crippen molar-refractivity contribution in [3.05, 3.63) is 21.9 Å². The van der Waals surface area contributed by atoms with Crippen LogP contribution in [0.5, 0.6) is 0 Å². The maximum absolute atomic E-state index is 9.50. The Hall–Kier alpha value is -0.380. The van der Waals surface area contributed by atoms with Crippen LogP contribution in [0.25, 0.3) is 0 Å². The SMILES string of the molecule is Cc1ccc([C@H](O)[C@H](C)N)s1. The van der Waals surface area contributed by atoms with E-state index < -0.39 is 6.10 Å². The molecule has 2 atom stereocenters. The maximum Gasteiger partial charge on any atom is 0.103 e. The van der Waals surface area contributed by atoms with Gasteiger partial charge in [0.05, 0.1) is 0 Å². The van der Waals surface area contributed by atoms with Gasteiger partial charge in [0, 0.05) is 15.8 Å². The first-order valence-electron chi connectivity index (χ1n) is 3.61. The van der Waals surface area contributed by atoms with E-state index in [0.717, 1.165) is 4.88 Å². The summed E-state index contributed by atoms with van der Waals surface area (Å²) >= 11 is 1.59. The molecule has 0 aliphatic rings. The van der Waals surface area contributed by atoms with E-state index in [4.69, 9.17) is 5.73 Å². The number of aliphatic hydroxyl groups is 1. The van der Waals surface area contributed by atoms with Gasteiger partial charge in [-0.1, -0.05) is 0 Å². The zero-order valence-corrected chi connectivity index (χ0v) is 7.56. The second-order valence-electron chi connectivity index (χ2n) is 2.75. The van der Waals surface area contributed by atoms with Gasteiger partial charge in [-0.25, -0.2) is 0 Å². The molecule has 1 aromatic heterocycles. The quantitative estimate of drug-likeness (QED) is 0.707. The van der Waals surface area contributed by atoms with E-state index in [0.29, 0.717) is 0 Å². The lowest BCUT2D eigenvalue weighted by Gasteiger charge is -2.11. The van der Waals surface area contributed by atoms with Gasteiger partial charge in [0.1, 0.15) is 6.10 Å². The van der Waals surface area contributed by atoms with Crippen LogP contribution in [0.1, 0.15) is 22.8 Å². The Morgan fingerprint density at radius 1 is 1.55 bits per heavy atom. The van der Waals surface area contributed by atoms with Gasteiger partial charge in [-0.2, -0.15) is 0 Å². The summed E-state index contributed by atoms with van der Waals surface area (Å²) in [6.07, 6.45) is -0.506. The maximum atomic E-state index is 9.50. The summed E-state index contributed by atoms with van der Waals surface area (Å²) < 4.78 is 0. The van der Waals surface area contributed by atoms with E-state index in [-0.39, 0.29) is 6.04 Å². The van der Waals surface area contributed by atoms with Crippen LogP contribution in [0.3, 0.4) is 0 Å². The highest BCUT2D eigenvalue weighted by molar-refractivity contribution is 7.12. The van der Waals surface area contributed by atoms with Crippen molar-refractivity contribution in [1.29, 1.82) is 0 Å². The Balaban J connectivity index is 2.76. The van der Waals surface area contributed by atoms with E-state index in [2.05, 4.69) is 0 Å². The predicted octanol–water partition coefficient (Wildman–Crippen LogP) is 1.44. The van der Waals surface area contributed by atoms with Crippen molar-refractivity contribution in [3.8, 4) is 0 Å². The van der Waals surface area contributed by atoms with Crippen LogP contribution in [0, 0.1) is 6.92 Å². The van der Waals surface area contributed by atoms with Gasteiger partial charge in [-0.05, 0) is 26.0 Å². The molecule has 0 unspecified atom stereocenters. The lowest BCUT2D eigenvalue weighted by atomic mass is 10.2. The van der Waals surface area contributed by atoms with Crippen molar-refractivity contribution in [2.75, 3.05) is 0 Å². The third kappa shape index (κ3) is 2.02. The molecule has 3 heteroatoms. The standard InChI is InChI=1S/C8H13NOS/c1-5-3-4-7(11-5)8(10)6(2)9/h3-4,6,8,10H,9H2,1-2H3/t6-,8+/m0/s1. The molecule has 0 radical (unpaired) electrons. The van der Waals surface area contributed by atoms with Gasteiger partial charge in [0.15, 0.2) is 0 Å². The smallest absolute Gasteiger partial charge is 0.103 e. The molecule has 1 heterocycles. The van der Waals surface area contributed by atoms with Crippen LogP contribution in [0.2, 0.25) is 0 Å². The first-order chi connectivity index (χ1) is 5.11. The minimum absolute atomic E-state index is 0.187. The molecular formula is C8H13NOS. The minimum atomic E-state index is -0.506. The summed E-state index contributed by atoms with van der Waals surface area (Å²) in [7, 11) is 0. The van der Waals surface area contributed by atoms with Crippen LogP contribution in [-0.4, -0.2) is 11.1 Å². The first kappa shape index (κ1) is 8.71. The molecule has 11 heavy (non-hydrogen) atoms. The molecule has 0 aliphatic heterocycles. The number of nitrogens with two attached hydrogens (primary N) is 1. The van der Waals surface area contributed by atoms with Crippen molar-refractivity contribution < 1.29 is 5.11 Å². The van der Waals surface area contributed by atoms with Gasteiger partial charge in [-0.15, -0.1) is 11.3 Å². The van der Waals surface area contributed by atoms with Crippen LogP contribution < -0.4 is 5.73 Å². The summed E-state index contributed by atoms with van der Waals surface area (Å²) in [6.45, 7) is 3.82. The monoisotopic (exact) mass is 171 g/mol. The molecular weight excluding hydrogens is 158 g/mol. The molecule has 1 aromatic rings. The second kappa shape index (κ2) is 3.34. The molecule has 0 saturated heterocycles. The number of aryl methyl sites for hydroxylation is 1. The highest BCUT2D eigenvalue weighted by Crippen LogP contribution is 2.23. The predicted molar refractivity (Wildman–Crippen MR) is 47.7 cm³/mol. The zero-order chi connectivity index (χ0) is 8.43. The number of aliphatic hydroxyl groups excluding tert-OH is 1. The number of rotatable bonds is 2. The van der Waals surface area contributed by atoms with Crippen LogP contribution >= 0.6 is 11.3 Å². The fourth-order valence-electron chi connectivity index (χ4n) is 0.871. The average molecular weight is 171 g/mol. The fraction of sp³-hybridized carbons (Fsp3) is 0.500. The van der Waals surface area contributed by atoms with Crippen molar-refractivity contribution in [1.82, 2.24) is 0 Å². The molecule has 0 aromatic carbocycles. The minimum Gasteiger partial charge on any atom is -0.386 e. The van der Waals surface area contributed by atoms with Gasteiger partial charge in [0.2, 0.25) is 0 Å². The number of hydrogen-bond acceptors (Lipinski definition) is 3. The van der Waals surface area contributed by atoms with E-state index in [1.807, 2.05) is 19.1 Å². The average Bonchev–Trinajstić information content (AvgIpc) is 2.34. The van der Waals surface area contributed by atoms with Crippen LogP contribution in [-0.2, 0) is 0 Å².